The third-order valence-electron chi connectivity index (χ3n) is 11.7. The number of nitrogens with one attached hydrogen (secondary N) is 3. The number of benzene rings is 2. The summed E-state index contributed by atoms with van der Waals surface area (Å²) in [5.74, 6) is -1.25. The van der Waals surface area contributed by atoms with Gasteiger partial charge < -0.3 is 40.1 Å². The second-order valence-electron chi connectivity index (χ2n) is 18.1. The van der Waals surface area contributed by atoms with Crippen molar-refractivity contribution in [2.45, 2.75) is 148 Å². The zero-order valence-corrected chi connectivity index (χ0v) is 41.9. The highest BCUT2D eigenvalue weighted by molar-refractivity contribution is 7.47. The lowest BCUT2D eigenvalue weighted by Gasteiger charge is -2.28. The second kappa shape index (κ2) is 28.2. The number of hydrogen-bond donors (Lipinski definition) is 4. The van der Waals surface area contributed by atoms with Gasteiger partial charge in [-0.25, -0.2) is 9.25 Å². The average molecular weight is 987 g/mol. The first-order valence-electron chi connectivity index (χ1n) is 24.5. The van der Waals surface area contributed by atoms with Crippen LogP contribution in [-0.4, -0.2) is 140 Å². The molecule has 1 aromatic heterocycles. The van der Waals surface area contributed by atoms with Crippen molar-refractivity contribution in [3.8, 4) is 22.5 Å². The fourth-order valence-corrected chi connectivity index (χ4v) is 9.21. The second-order valence-corrected chi connectivity index (χ2v) is 19.5. The Hall–Kier alpha value is -4.91. The van der Waals surface area contributed by atoms with Crippen LogP contribution in [-0.2, 0) is 60.1 Å². The van der Waals surface area contributed by atoms with Crippen LogP contribution in [0.2, 0.25) is 6.32 Å². The van der Waals surface area contributed by atoms with E-state index in [2.05, 4.69) is 26.3 Å². The molecule has 2 aliphatic rings. The van der Waals surface area contributed by atoms with E-state index in [0.29, 0.717) is 56.6 Å². The SMILES string of the molecule is [B]CC(=O)N(CCNC(=O)CCCCCn1nnc2c1-c1ccccc1CN(C(=O)CCC(=O)NCCCCCCOP(=O)(O)OC1C[C@H]([B])O[C@@H]1COC(C)C)c1ccccc1-2)CC(=O)NC(C)C. The van der Waals surface area contributed by atoms with Crippen molar-refractivity contribution >= 4 is 58.7 Å². The maximum Gasteiger partial charge on any atom is 0.472 e. The number of ether oxygens (including phenoxy) is 2. The lowest BCUT2D eigenvalue weighted by Crippen LogP contribution is -2.45. The predicted octanol–water partition coefficient (Wildman–Crippen LogP) is 4.74. The van der Waals surface area contributed by atoms with Crippen molar-refractivity contribution in [1.29, 1.82) is 0 Å². The summed E-state index contributed by atoms with van der Waals surface area (Å²) in [6.45, 7) is 9.12. The molecule has 2 aliphatic heterocycles. The lowest BCUT2D eigenvalue weighted by molar-refractivity contribution is -0.134. The fraction of sp³-hybridized carbons (Fsp3) is 0.604. The van der Waals surface area contributed by atoms with Crippen LogP contribution < -0.4 is 20.9 Å². The molecule has 2 aromatic carbocycles. The van der Waals surface area contributed by atoms with Crippen LogP contribution >= 0.6 is 7.82 Å². The molecule has 4 atom stereocenters. The molecule has 378 valence electrons. The van der Waals surface area contributed by atoms with Crippen molar-refractivity contribution < 1.29 is 52.0 Å². The number of aromatic nitrogens is 3. The van der Waals surface area contributed by atoms with Gasteiger partial charge in [-0.3, -0.25) is 33.0 Å². The molecule has 0 aliphatic carbocycles. The van der Waals surface area contributed by atoms with Crippen LogP contribution in [0.15, 0.2) is 48.5 Å². The van der Waals surface area contributed by atoms with Gasteiger partial charge in [0, 0.05) is 68.6 Å². The third-order valence-corrected chi connectivity index (χ3v) is 12.7. The fourth-order valence-electron chi connectivity index (χ4n) is 8.23. The maximum absolute atomic E-state index is 14.0. The van der Waals surface area contributed by atoms with E-state index in [4.69, 9.17) is 34.2 Å². The Labute approximate surface area is 414 Å². The van der Waals surface area contributed by atoms with Gasteiger partial charge in [-0.05, 0) is 77.7 Å². The summed E-state index contributed by atoms with van der Waals surface area (Å²) in [6.07, 6.45) is 3.75. The molecule has 5 rings (SSSR count). The van der Waals surface area contributed by atoms with Crippen molar-refractivity contribution in [3.63, 3.8) is 0 Å². The Bertz CT molecular complexity index is 2250. The van der Waals surface area contributed by atoms with Crippen LogP contribution in [0.4, 0.5) is 5.69 Å². The molecule has 2 unspecified atom stereocenters. The molecule has 1 fully saturated rings. The molecular formula is C48H69B2N8O11P. The number of para-hydroxylation sites is 1. The van der Waals surface area contributed by atoms with E-state index < -0.39 is 26.0 Å². The van der Waals surface area contributed by atoms with Crippen molar-refractivity contribution in [2.75, 3.05) is 44.3 Å². The first-order valence-corrected chi connectivity index (χ1v) is 25.9. The largest absolute Gasteiger partial charge is 0.472 e. The van der Waals surface area contributed by atoms with E-state index in [1.54, 1.807) is 4.90 Å². The molecule has 4 N–H and O–H groups in total. The molecule has 0 bridgehead atoms. The molecule has 5 amide bonds. The number of phosphoric ester groups is 1. The molecule has 70 heavy (non-hydrogen) atoms. The number of aryl methyl sites for hydroxylation is 1. The van der Waals surface area contributed by atoms with Crippen molar-refractivity contribution in [3.05, 3.63) is 54.1 Å². The summed E-state index contributed by atoms with van der Waals surface area (Å²) in [4.78, 5) is 77.4. The van der Waals surface area contributed by atoms with Gasteiger partial charge in [-0.15, -0.1) is 5.10 Å². The van der Waals surface area contributed by atoms with Gasteiger partial charge in [-0.1, -0.05) is 66.9 Å². The molecule has 4 radical (unpaired) electrons. The molecule has 0 saturated carbocycles. The lowest BCUT2D eigenvalue weighted by atomic mass is 9.95. The maximum atomic E-state index is 14.0. The predicted molar refractivity (Wildman–Crippen MR) is 265 cm³/mol. The molecule has 3 heterocycles. The van der Waals surface area contributed by atoms with Crippen LogP contribution in [0.25, 0.3) is 22.5 Å². The summed E-state index contributed by atoms with van der Waals surface area (Å²) >= 11 is 0. The highest BCUT2D eigenvalue weighted by Gasteiger charge is 2.39. The number of carbonyl (C=O) groups excluding carboxylic acids is 5. The highest BCUT2D eigenvalue weighted by Crippen LogP contribution is 2.47. The monoisotopic (exact) mass is 987 g/mol. The number of fused-ring (bicyclic) bond motifs is 5. The van der Waals surface area contributed by atoms with E-state index >= 15 is 0 Å². The Morgan fingerprint density at radius 1 is 0.886 bits per heavy atom. The first kappa shape index (κ1) is 56.0. The van der Waals surface area contributed by atoms with Gasteiger partial charge in [0.1, 0.15) is 19.6 Å². The summed E-state index contributed by atoms with van der Waals surface area (Å²) < 4.78 is 36.2. The normalized spacial score (nSPS) is 17.2. The number of phosphoric acid groups is 1. The number of nitrogens with zero attached hydrogens (tertiary/aromatic N) is 5. The average Bonchev–Trinajstić information content (AvgIpc) is 3.89. The third kappa shape index (κ3) is 17.7. The number of unbranched alkanes of at least 4 members (excludes halogenated alkanes) is 5. The standard InChI is InChI=1S/C48H69B2N8O11P/c1-33(2)53-44(61)31-56(46(63)29-49)26-24-52-42(59)20-8-7-14-25-58-48-36-17-10-9-16-35(36)30-57(38-19-12-11-18-37(38)47(48)54-55-58)45(62)22-21-43(60)51-23-13-5-6-15-27-67-70(64,65)69-39-28-41(50)68-40(39)32-66-34(3)4/h9-12,16-19,33-34,39-41H,5-8,13-15,20-32H2,1-4H3,(H,51,60)(H,52,59)(H,53,61)(H,64,65)/t39?,40-,41-/m1/s1. The molecule has 3 aromatic rings. The van der Waals surface area contributed by atoms with E-state index in [1.165, 1.54) is 4.90 Å². The summed E-state index contributed by atoms with van der Waals surface area (Å²) in [6, 6.07) is 14.7. The minimum atomic E-state index is -4.34. The van der Waals surface area contributed by atoms with Crippen LogP contribution in [0.3, 0.4) is 0 Å². The Morgan fingerprint density at radius 2 is 1.59 bits per heavy atom. The van der Waals surface area contributed by atoms with Gasteiger partial charge in [0.15, 0.2) is 0 Å². The molecular weight excluding hydrogens is 917 g/mol. The topological polar surface area (TPSA) is 233 Å². The number of amides is 5. The molecule has 0 spiro atoms. The Morgan fingerprint density at radius 3 is 2.34 bits per heavy atom. The minimum absolute atomic E-state index is 0.00544. The van der Waals surface area contributed by atoms with E-state index in [9.17, 15) is 33.4 Å². The number of carbonyl (C=O) groups is 5. The zero-order chi connectivity index (χ0) is 50.6. The van der Waals surface area contributed by atoms with Crippen LogP contribution in [0.5, 0.6) is 0 Å². The van der Waals surface area contributed by atoms with Gasteiger partial charge >= 0.3 is 7.82 Å². The number of rotatable bonds is 29. The van der Waals surface area contributed by atoms with Crippen LogP contribution in [0, 0.1) is 0 Å². The van der Waals surface area contributed by atoms with Gasteiger partial charge in [0.25, 0.3) is 0 Å². The highest BCUT2D eigenvalue weighted by atomic mass is 31.2. The molecule has 19 nitrogen and oxygen atoms in total. The van der Waals surface area contributed by atoms with Crippen LogP contribution in [0.1, 0.15) is 104 Å². The first-order chi connectivity index (χ1) is 33.5. The van der Waals surface area contributed by atoms with E-state index in [0.717, 1.165) is 41.6 Å². The van der Waals surface area contributed by atoms with Crippen molar-refractivity contribution in [1.82, 2.24) is 35.8 Å². The van der Waals surface area contributed by atoms with E-state index in [-0.39, 0.29) is 107 Å². The molecule has 22 heteroatoms. The quantitative estimate of drug-likeness (QED) is 0.0419. The number of anilines is 1. The van der Waals surface area contributed by atoms with Gasteiger partial charge in [0.2, 0.25) is 29.5 Å². The van der Waals surface area contributed by atoms with Gasteiger partial charge in [-0.2, -0.15) is 0 Å². The summed E-state index contributed by atoms with van der Waals surface area (Å²) in [5, 5.41) is 17.7. The smallest absolute Gasteiger partial charge is 0.380 e. The van der Waals surface area contributed by atoms with E-state index in [1.807, 2.05) is 80.9 Å². The van der Waals surface area contributed by atoms with Gasteiger partial charge in [0.05, 0.1) is 57.7 Å². The summed E-state index contributed by atoms with van der Waals surface area (Å²) in [5.41, 5.74) is 4.68. The molecule has 1 saturated heterocycles. The van der Waals surface area contributed by atoms with Crippen molar-refractivity contribution in [2.24, 2.45) is 0 Å². The minimum Gasteiger partial charge on any atom is -0.380 e. The summed E-state index contributed by atoms with van der Waals surface area (Å²) in [7, 11) is 7.06. The Balaban J connectivity index is 1.05. The Kier molecular flexibility index (Phi) is 22.6. The zero-order valence-electron chi connectivity index (χ0n) is 41.0. The number of hydrogen-bond acceptors (Lipinski definition) is 12.